The van der Waals surface area contributed by atoms with E-state index in [0.717, 1.165) is 12.5 Å². The molecule has 3 heteroatoms. The fraction of sp³-hybridized carbons (Fsp3) is 1.00. The molecule has 2 unspecified atom stereocenters. The van der Waals surface area contributed by atoms with E-state index in [9.17, 15) is 0 Å². The molecule has 2 aliphatic rings. The van der Waals surface area contributed by atoms with Crippen molar-refractivity contribution in [2.45, 2.75) is 50.8 Å². The van der Waals surface area contributed by atoms with Crippen molar-refractivity contribution in [2.75, 3.05) is 25.9 Å². The third-order valence-corrected chi connectivity index (χ3v) is 6.36. The van der Waals surface area contributed by atoms with Crippen LogP contribution in [0.5, 0.6) is 0 Å². The van der Waals surface area contributed by atoms with Crippen molar-refractivity contribution >= 4 is 11.8 Å². The maximum Gasteiger partial charge on any atom is 0.0365 e. The Morgan fingerprint density at radius 2 is 2.06 bits per heavy atom. The molecule has 2 N–H and O–H groups in total. The maximum absolute atomic E-state index is 6.05. The molecular weight excluding hydrogens is 228 g/mol. The molecule has 2 fully saturated rings. The molecule has 1 saturated carbocycles. The first-order chi connectivity index (χ1) is 7.93. The molecule has 100 valence electrons. The highest BCUT2D eigenvalue weighted by Gasteiger charge is 2.51. The van der Waals surface area contributed by atoms with Gasteiger partial charge in [-0.15, -0.1) is 0 Å². The van der Waals surface area contributed by atoms with Crippen LogP contribution in [0, 0.1) is 11.3 Å². The topological polar surface area (TPSA) is 29.3 Å². The summed E-state index contributed by atoms with van der Waals surface area (Å²) < 4.78 is 0.502. The predicted octanol–water partition coefficient (Wildman–Crippen LogP) is 2.58. The Kier molecular flexibility index (Phi) is 3.82. The summed E-state index contributed by atoms with van der Waals surface area (Å²) in [6, 6.07) is 0.616. The highest BCUT2D eigenvalue weighted by Crippen LogP contribution is 2.52. The van der Waals surface area contributed by atoms with Crippen molar-refractivity contribution in [3.05, 3.63) is 0 Å². The zero-order valence-electron chi connectivity index (χ0n) is 11.8. The van der Waals surface area contributed by atoms with Crippen molar-refractivity contribution in [2.24, 2.45) is 17.1 Å². The van der Waals surface area contributed by atoms with Gasteiger partial charge in [-0.25, -0.2) is 0 Å². The van der Waals surface area contributed by atoms with Crippen LogP contribution >= 0.6 is 11.8 Å². The van der Waals surface area contributed by atoms with Crippen LogP contribution in [0.2, 0.25) is 0 Å². The molecule has 0 bridgehead atoms. The number of hydrogen-bond acceptors (Lipinski definition) is 3. The fourth-order valence-corrected chi connectivity index (χ4v) is 4.30. The highest BCUT2D eigenvalue weighted by atomic mass is 32.2. The Morgan fingerprint density at radius 3 is 2.41 bits per heavy atom. The molecule has 2 nitrogen and oxygen atoms in total. The summed E-state index contributed by atoms with van der Waals surface area (Å²) in [6.07, 6.45) is 6.34. The largest absolute Gasteiger partial charge is 0.329 e. The van der Waals surface area contributed by atoms with E-state index in [1.54, 1.807) is 0 Å². The van der Waals surface area contributed by atoms with Crippen LogP contribution in [0.3, 0.4) is 0 Å². The number of hydrogen-bond donors (Lipinski definition) is 1. The molecule has 0 amide bonds. The standard InChI is InChI=1S/C14H28N2S/c1-13(2,3)11-5-8-16(10-11)12(9-15)14(17-4)6-7-14/h11-12H,5-10,15H2,1-4H3. The summed E-state index contributed by atoms with van der Waals surface area (Å²) >= 11 is 2.04. The Balaban J connectivity index is 1.99. The van der Waals surface area contributed by atoms with E-state index < -0.39 is 0 Å². The predicted molar refractivity (Wildman–Crippen MR) is 77.5 cm³/mol. The van der Waals surface area contributed by atoms with E-state index in [1.165, 1.54) is 32.4 Å². The average molecular weight is 256 g/mol. The number of likely N-dealkylation sites (tertiary alicyclic amines) is 1. The molecular formula is C14H28N2S. The zero-order valence-corrected chi connectivity index (χ0v) is 12.6. The van der Waals surface area contributed by atoms with E-state index >= 15 is 0 Å². The smallest absolute Gasteiger partial charge is 0.0365 e. The Bertz CT molecular complexity index is 268. The first-order valence-electron chi connectivity index (χ1n) is 6.92. The maximum atomic E-state index is 6.05. The van der Waals surface area contributed by atoms with Crippen LogP contribution in [0.15, 0.2) is 0 Å². The lowest BCUT2D eigenvalue weighted by atomic mass is 9.80. The Morgan fingerprint density at radius 1 is 1.41 bits per heavy atom. The molecule has 2 atom stereocenters. The van der Waals surface area contributed by atoms with E-state index in [2.05, 4.69) is 31.9 Å². The van der Waals surface area contributed by atoms with Gasteiger partial charge < -0.3 is 5.73 Å². The van der Waals surface area contributed by atoms with E-state index in [0.29, 0.717) is 16.2 Å². The molecule has 1 saturated heterocycles. The van der Waals surface area contributed by atoms with Gasteiger partial charge >= 0.3 is 0 Å². The van der Waals surface area contributed by atoms with Gasteiger partial charge in [0.15, 0.2) is 0 Å². The minimum Gasteiger partial charge on any atom is -0.329 e. The summed E-state index contributed by atoms with van der Waals surface area (Å²) in [5, 5.41) is 0. The van der Waals surface area contributed by atoms with E-state index in [-0.39, 0.29) is 0 Å². The van der Waals surface area contributed by atoms with Gasteiger partial charge in [-0.2, -0.15) is 11.8 Å². The second kappa shape index (κ2) is 4.75. The molecule has 1 aliphatic heterocycles. The molecule has 1 heterocycles. The quantitative estimate of drug-likeness (QED) is 0.838. The van der Waals surface area contributed by atoms with Crippen LogP contribution in [0.1, 0.15) is 40.0 Å². The minimum atomic E-state index is 0.448. The zero-order chi connectivity index (χ0) is 12.7. The van der Waals surface area contributed by atoms with Crippen LogP contribution < -0.4 is 5.73 Å². The number of nitrogens with two attached hydrogens (primary N) is 1. The van der Waals surface area contributed by atoms with Crippen LogP contribution in [-0.2, 0) is 0 Å². The number of rotatable bonds is 4. The van der Waals surface area contributed by atoms with Crippen molar-refractivity contribution in [1.82, 2.24) is 4.90 Å². The molecule has 0 aromatic heterocycles. The van der Waals surface area contributed by atoms with Crippen molar-refractivity contribution in [3.63, 3.8) is 0 Å². The minimum absolute atomic E-state index is 0.448. The second-order valence-corrected chi connectivity index (χ2v) is 8.09. The molecule has 17 heavy (non-hydrogen) atoms. The SMILES string of the molecule is CSC1(C(CN)N2CCC(C(C)(C)C)C2)CC1. The monoisotopic (exact) mass is 256 g/mol. The van der Waals surface area contributed by atoms with Gasteiger partial charge in [-0.05, 0) is 43.4 Å². The van der Waals surface area contributed by atoms with Crippen molar-refractivity contribution < 1.29 is 0 Å². The molecule has 2 rings (SSSR count). The lowest BCUT2D eigenvalue weighted by molar-refractivity contribution is 0.190. The lowest BCUT2D eigenvalue weighted by Gasteiger charge is -2.34. The third-order valence-electron chi connectivity index (χ3n) is 4.87. The number of nitrogens with zero attached hydrogens (tertiary/aromatic N) is 1. The summed E-state index contributed by atoms with van der Waals surface area (Å²) in [5.74, 6) is 0.842. The lowest BCUT2D eigenvalue weighted by Crippen LogP contribution is -2.47. The van der Waals surface area contributed by atoms with Crippen LogP contribution in [-0.4, -0.2) is 41.6 Å². The second-order valence-electron chi connectivity index (χ2n) is 6.87. The van der Waals surface area contributed by atoms with Gasteiger partial charge in [0.1, 0.15) is 0 Å². The molecule has 0 spiro atoms. The molecule has 1 aliphatic carbocycles. The third kappa shape index (κ3) is 2.66. The first kappa shape index (κ1) is 13.7. The van der Waals surface area contributed by atoms with Crippen molar-refractivity contribution in [3.8, 4) is 0 Å². The van der Waals surface area contributed by atoms with Gasteiger partial charge in [0.25, 0.3) is 0 Å². The van der Waals surface area contributed by atoms with E-state index in [4.69, 9.17) is 5.73 Å². The van der Waals surface area contributed by atoms with Gasteiger partial charge in [0.05, 0.1) is 0 Å². The van der Waals surface area contributed by atoms with Crippen LogP contribution in [0.4, 0.5) is 0 Å². The van der Waals surface area contributed by atoms with Gasteiger partial charge in [-0.1, -0.05) is 20.8 Å². The van der Waals surface area contributed by atoms with Crippen LogP contribution in [0.25, 0.3) is 0 Å². The summed E-state index contributed by atoms with van der Waals surface area (Å²) in [4.78, 5) is 2.68. The average Bonchev–Trinajstić information content (AvgIpc) is 2.87. The van der Waals surface area contributed by atoms with Gasteiger partial charge in [0.2, 0.25) is 0 Å². The first-order valence-corrected chi connectivity index (χ1v) is 8.15. The summed E-state index contributed by atoms with van der Waals surface area (Å²) in [6.45, 7) is 10.5. The summed E-state index contributed by atoms with van der Waals surface area (Å²) in [5.41, 5.74) is 6.50. The normalized spacial score (nSPS) is 30.5. The van der Waals surface area contributed by atoms with Gasteiger partial charge in [-0.3, -0.25) is 4.90 Å². The summed E-state index contributed by atoms with van der Waals surface area (Å²) in [7, 11) is 0. The number of thioether (sulfide) groups is 1. The van der Waals surface area contributed by atoms with E-state index in [1.807, 2.05) is 11.8 Å². The molecule has 0 radical (unpaired) electrons. The van der Waals surface area contributed by atoms with Crippen molar-refractivity contribution in [1.29, 1.82) is 0 Å². The fourth-order valence-electron chi connectivity index (χ4n) is 3.27. The Hall–Kier alpha value is 0.270. The Labute approximate surface area is 111 Å². The van der Waals surface area contributed by atoms with Gasteiger partial charge in [0, 0.05) is 23.9 Å². The molecule has 0 aromatic carbocycles. The molecule has 0 aromatic rings. The highest BCUT2D eigenvalue weighted by molar-refractivity contribution is 8.00.